The van der Waals surface area contributed by atoms with Crippen LogP contribution in [0.1, 0.15) is 17.0 Å². The van der Waals surface area contributed by atoms with Crippen molar-refractivity contribution in [3.05, 3.63) is 71.1 Å². The number of aryl methyl sites for hydroxylation is 1. The van der Waals surface area contributed by atoms with Gasteiger partial charge < -0.3 is 4.57 Å². The number of hydrogen-bond donors (Lipinski definition) is 1. The Labute approximate surface area is 162 Å². The average Bonchev–Trinajstić information content (AvgIpc) is 2.96. The average molecular weight is 373 g/mol. The van der Waals surface area contributed by atoms with E-state index in [0.29, 0.717) is 0 Å². The Kier molecular flexibility index (Phi) is 4.11. The van der Waals surface area contributed by atoms with Crippen LogP contribution in [0, 0.1) is 13.8 Å². The largest absolute Gasteiger partial charge is 0.331 e. The molecule has 1 N–H and O–H groups in total. The first kappa shape index (κ1) is 17.7. The molecular formula is C22H19N3O3. The summed E-state index contributed by atoms with van der Waals surface area (Å²) in [5, 5.41) is 4.43. The minimum absolute atomic E-state index is 0.0553. The predicted molar refractivity (Wildman–Crippen MR) is 107 cm³/mol. The molecule has 1 fully saturated rings. The van der Waals surface area contributed by atoms with Gasteiger partial charge >= 0.3 is 6.03 Å². The number of hydrogen-bond acceptors (Lipinski definition) is 3. The quantitative estimate of drug-likeness (QED) is 0.553. The van der Waals surface area contributed by atoms with Crippen LogP contribution in [0.3, 0.4) is 0 Å². The highest BCUT2D eigenvalue weighted by Crippen LogP contribution is 2.28. The first-order valence-corrected chi connectivity index (χ1v) is 8.90. The van der Waals surface area contributed by atoms with Crippen molar-refractivity contribution in [2.24, 2.45) is 0 Å². The van der Waals surface area contributed by atoms with Gasteiger partial charge in [0.1, 0.15) is 5.57 Å². The maximum Gasteiger partial charge on any atom is 0.331 e. The van der Waals surface area contributed by atoms with E-state index in [1.807, 2.05) is 44.2 Å². The fourth-order valence-electron chi connectivity index (χ4n) is 3.61. The molecule has 0 unspecified atom stereocenters. The van der Waals surface area contributed by atoms with Crippen LogP contribution in [0.4, 0.5) is 4.79 Å². The molecule has 2 aromatic carbocycles. The Bertz CT molecular complexity index is 1180. The number of imide groups is 2. The van der Waals surface area contributed by atoms with Crippen LogP contribution in [0.2, 0.25) is 0 Å². The van der Waals surface area contributed by atoms with Gasteiger partial charge in [0.2, 0.25) is 0 Å². The molecule has 1 saturated heterocycles. The standard InChI is InChI=1S/C22H19N3O3/c1-13-11-16(12-18-20(26)23-22(28)24(3)21(18)27)14(2)25(13)19-10-6-8-15-7-4-5-9-17(15)19/h4-12H,1-3H3,(H,23,26,28)/b18-12-. The first-order chi connectivity index (χ1) is 13.4. The number of aromatic nitrogens is 1. The molecule has 140 valence electrons. The normalized spacial score (nSPS) is 16.2. The van der Waals surface area contributed by atoms with Gasteiger partial charge in [-0.05, 0) is 43.0 Å². The van der Waals surface area contributed by atoms with Gasteiger partial charge in [0, 0.05) is 23.8 Å². The zero-order valence-corrected chi connectivity index (χ0v) is 15.8. The van der Waals surface area contributed by atoms with Gasteiger partial charge in [-0.3, -0.25) is 19.8 Å². The first-order valence-electron chi connectivity index (χ1n) is 8.90. The van der Waals surface area contributed by atoms with E-state index in [2.05, 4.69) is 28.1 Å². The summed E-state index contributed by atoms with van der Waals surface area (Å²) in [6.07, 6.45) is 1.55. The Morgan fingerprint density at radius 2 is 1.68 bits per heavy atom. The molecule has 0 atom stereocenters. The number of nitrogens with zero attached hydrogens (tertiary/aromatic N) is 2. The van der Waals surface area contributed by atoms with Crippen molar-refractivity contribution in [3.63, 3.8) is 0 Å². The smallest absolute Gasteiger partial charge is 0.317 e. The van der Waals surface area contributed by atoms with E-state index < -0.39 is 17.8 Å². The molecule has 0 bridgehead atoms. The summed E-state index contributed by atoms with van der Waals surface area (Å²) in [6.45, 7) is 3.93. The maximum atomic E-state index is 12.4. The second-order valence-corrected chi connectivity index (χ2v) is 6.84. The molecule has 3 aromatic rings. The van der Waals surface area contributed by atoms with Gasteiger partial charge in [-0.2, -0.15) is 0 Å². The summed E-state index contributed by atoms with van der Waals surface area (Å²) >= 11 is 0. The van der Waals surface area contributed by atoms with Gasteiger partial charge in [0.15, 0.2) is 0 Å². The van der Waals surface area contributed by atoms with E-state index in [1.165, 1.54) is 7.05 Å². The number of carbonyl (C=O) groups excluding carboxylic acids is 3. The molecule has 4 rings (SSSR count). The summed E-state index contributed by atoms with van der Waals surface area (Å²) < 4.78 is 2.11. The number of likely N-dealkylation sites (N-methyl/N-ethyl adjacent to an activating group) is 1. The van der Waals surface area contributed by atoms with Crippen molar-refractivity contribution in [1.82, 2.24) is 14.8 Å². The zero-order chi connectivity index (χ0) is 20.0. The second kappa shape index (κ2) is 6.49. The van der Waals surface area contributed by atoms with Crippen molar-refractivity contribution in [2.45, 2.75) is 13.8 Å². The molecule has 6 nitrogen and oxygen atoms in total. The molecule has 1 aliphatic heterocycles. The molecule has 2 heterocycles. The third-order valence-corrected chi connectivity index (χ3v) is 5.08. The van der Waals surface area contributed by atoms with Crippen molar-refractivity contribution >= 4 is 34.7 Å². The monoisotopic (exact) mass is 373 g/mol. The van der Waals surface area contributed by atoms with E-state index in [4.69, 9.17) is 0 Å². The van der Waals surface area contributed by atoms with Gasteiger partial charge in [-0.1, -0.05) is 36.4 Å². The van der Waals surface area contributed by atoms with Gasteiger partial charge in [-0.15, -0.1) is 0 Å². The summed E-state index contributed by atoms with van der Waals surface area (Å²) in [7, 11) is 1.34. The van der Waals surface area contributed by atoms with Crippen LogP contribution in [0.25, 0.3) is 22.5 Å². The molecule has 28 heavy (non-hydrogen) atoms. The molecule has 1 aliphatic rings. The number of fused-ring (bicyclic) bond motifs is 1. The second-order valence-electron chi connectivity index (χ2n) is 6.84. The van der Waals surface area contributed by atoms with E-state index in [1.54, 1.807) is 6.08 Å². The van der Waals surface area contributed by atoms with Crippen molar-refractivity contribution in [2.75, 3.05) is 7.05 Å². The summed E-state index contributed by atoms with van der Waals surface area (Å²) in [6, 6.07) is 15.5. The number of urea groups is 1. The van der Waals surface area contributed by atoms with Crippen molar-refractivity contribution in [1.29, 1.82) is 0 Å². The molecule has 0 aliphatic carbocycles. The fourth-order valence-corrected chi connectivity index (χ4v) is 3.61. The summed E-state index contributed by atoms with van der Waals surface area (Å²) in [4.78, 5) is 37.0. The van der Waals surface area contributed by atoms with E-state index in [0.717, 1.165) is 38.3 Å². The number of rotatable bonds is 2. The Morgan fingerprint density at radius 3 is 2.46 bits per heavy atom. The number of carbonyl (C=O) groups is 3. The molecule has 0 spiro atoms. The minimum atomic E-state index is -0.714. The molecule has 6 heteroatoms. The zero-order valence-electron chi connectivity index (χ0n) is 15.8. The van der Waals surface area contributed by atoms with Crippen LogP contribution in [-0.4, -0.2) is 34.4 Å². The fraction of sp³-hybridized carbons (Fsp3) is 0.136. The third kappa shape index (κ3) is 2.70. The van der Waals surface area contributed by atoms with Crippen molar-refractivity contribution in [3.8, 4) is 5.69 Å². The van der Waals surface area contributed by atoms with E-state index in [-0.39, 0.29) is 5.57 Å². The van der Waals surface area contributed by atoms with E-state index in [9.17, 15) is 14.4 Å². The SMILES string of the molecule is Cc1cc(/C=C2/C(=O)NC(=O)N(C)C2=O)c(C)n1-c1cccc2ccccc12. The topological polar surface area (TPSA) is 71.4 Å². The van der Waals surface area contributed by atoms with Crippen LogP contribution in [0.5, 0.6) is 0 Å². The highest BCUT2D eigenvalue weighted by molar-refractivity contribution is 6.30. The van der Waals surface area contributed by atoms with Crippen molar-refractivity contribution < 1.29 is 14.4 Å². The predicted octanol–water partition coefficient (Wildman–Crippen LogP) is 3.34. The minimum Gasteiger partial charge on any atom is -0.317 e. The van der Waals surface area contributed by atoms with Gasteiger partial charge in [0.25, 0.3) is 11.8 Å². The number of barbiturate groups is 1. The lowest BCUT2D eigenvalue weighted by molar-refractivity contribution is -0.129. The van der Waals surface area contributed by atoms with Crippen LogP contribution in [-0.2, 0) is 9.59 Å². The third-order valence-electron chi connectivity index (χ3n) is 5.08. The Balaban J connectivity index is 1.86. The molecule has 1 aromatic heterocycles. The van der Waals surface area contributed by atoms with Crippen LogP contribution >= 0.6 is 0 Å². The highest BCUT2D eigenvalue weighted by Gasteiger charge is 2.33. The molecule has 0 radical (unpaired) electrons. The van der Waals surface area contributed by atoms with Gasteiger partial charge in [0.05, 0.1) is 5.69 Å². The van der Waals surface area contributed by atoms with Crippen LogP contribution < -0.4 is 5.32 Å². The lowest BCUT2D eigenvalue weighted by Gasteiger charge is -2.22. The highest BCUT2D eigenvalue weighted by atomic mass is 16.2. The Hall–Kier alpha value is -3.67. The lowest BCUT2D eigenvalue weighted by Crippen LogP contribution is -2.52. The maximum absolute atomic E-state index is 12.4. The number of benzene rings is 2. The molecule has 4 amide bonds. The Morgan fingerprint density at radius 1 is 0.964 bits per heavy atom. The molecular weight excluding hydrogens is 354 g/mol. The van der Waals surface area contributed by atoms with Crippen LogP contribution in [0.15, 0.2) is 54.1 Å². The van der Waals surface area contributed by atoms with Gasteiger partial charge in [-0.25, -0.2) is 4.79 Å². The molecule has 0 saturated carbocycles. The number of nitrogens with one attached hydrogen (secondary N) is 1. The number of amides is 4. The van der Waals surface area contributed by atoms with E-state index >= 15 is 0 Å². The summed E-state index contributed by atoms with van der Waals surface area (Å²) in [5.41, 5.74) is 3.62. The lowest BCUT2D eigenvalue weighted by atomic mass is 10.1. The summed E-state index contributed by atoms with van der Waals surface area (Å²) in [5.74, 6) is -1.29.